The van der Waals surface area contributed by atoms with Gasteiger partial charge in [0, 0.05) is 9.77 Å². The molecule has 64 valence electrons. The summed E-state index contributed by atoms with van der Waals surface area (Å²) in [5.74, 6) is 4.42. The van der Waals surface area contributed by atoms with Gasteiger partial charge in [-0.2, -0.15) is 0 Å². The van der Waals surface area contributed by atoms with Gasteiger partial charge in [0.1, 0.15) is 5.69 Å². The van der Waals surface area contributed by atoms with Crippen molar-refractivity contribution in [3.8, 4) is 0 Å². The second-order valence-electron chi connectivity index (χ2n) is 1.96. The highest BCUT2D eigenvalue weighted by molar-refractivity contribution is 14.1. The Bertz CT molecular complexity index is 318. The Morgan fingerprint density at radius 2 is 2.42 bits per heavy atom. The number of nitrogens with one attached hydrogen (secondary N) is 1. The van der Waals surface area contributed by atoms with Crippen molar-refractivity contribution in [2.24, 2.45) is 5.84 Å². The molecule has 1 aromatic rings. The molecule has 1 heterocycles. The van der Waals surface area contributed by atoms with E-state index in [1.165, 1.54) is 6.20 Å². The maximum absolute atomic E-state index is 11.0. The van der Waals surface area contributed by atoms with Gasteiger partial charge in [-0.15, -0.1) is 0 Å². The molecule has 0 aliphatic heterocycles. The number of carbonyl (C=O) groups excluding carboxylic acids is 1. The van der Waals surface area contributed by atoms with Crippen molar-refractivity contribution in [2.75, 3.05) is 0 Å². The number of nitrogens with two attached hydrogens (primary N) is 1. The van der Waals surface area contributed by atoms with Gasteiger partial charge >= 0.3 is 0 Å². The number of hydrogen-bond acceptors (Lipinski definition) is 3. The highest BCUT2D eigenvalue weighted by Gasteiger charge is 2.09. The summed E-state index contributed by atoms with van der Waals surface area (Å²) >= 11 is 7.77. The molecule has 3 N–H and O–H groups in total. The third-order valence-corrected chi connectivity index (χ3v) is 2.03. The minimum atomic E-state index is -0.489. The third-order valence-electron chi connectivity index (χ3n) is 1.15. The molecule has 0 unspecified atom stereocenters. The lowest BCUT2D eigenvalue weighted by Crippen LogP contribution is -2.30. The molecular formula is C6H5ClIN3O. The quantitative estimate of drug-likeness (QED) is 0.351. The monoisotopic (exact) mass is 297 g/mol. The molecule has 0 saturated carbocycles. The SMILES string of the molecule is NNC(=O)c1ncc(I)cc1Cl. The van der Waals surface area contributed by atoms with Crippen LogP contribution >= 0.6 is 34.2 Å². The number of amides is 1. The van der Waals surface area contributed by atoms with Gasteiger partial charge in [-0.05, 0) is 28.7 Å². The average molecular weight is 297 g/mol. The molecule has 0 aromatic carbocycles. The lowest BCUT2D eigenvalue weighted by molar-refractivity contribution is 0.0949. The van der Waals surface area contributed by atoms with Crippen LogP contribution in [0, 0.1) is 3.57 Å². The van der Waals surface area contributed by atoms with Crippen LogP contribution in [-0.2, 0) is 0 Å². The number of hydrogen-bond donors (Lipinski definition) is 2. The number of aromatic nitrogens is 1. The van der Waals surface area contributed by atoms with Gasteiger partial charge in [-0.1, -0.05) is 11.6 Å². The normalized spacial score (nSPS) is 9.58. The van der Waals surface area contributed by atoms with Crippen molar-refractivity contribution in [1.29, 1.82) is 0 Å². The van der Waals surface area contributed by atoms with Gasteiger partial charge in [0.25, 0.3) is 5.91 Å². The van der Waals surface area contributed by atoms with Crippen molar-refractivity contribution in [3.63, 3.8) is 0 Å². The Balaban J connectivity index is 3.09. The van der Waals surface area contributed by atoms with Gasteiger partial charge < -0.3 is 0 Å². The van der Waals surface area contributed by atoms with Crippen molar-refractivity contribution >= 4 is 40.1 Å². The van der Waals surface area contributed by atoms with Crippen molar-refractivity contribution < 1.29 is 4.79 Å². The first-order valence-electron chi connectivity index (χ1n) is 2.97. The summed E-state index contributed by atoms with van der Waals surface area (Å²) in [6, 6.07) is 1.64. The molecule has 1 rings (SSSR count). The van der Waals surface area contributed by atoms with E-state index in [1.54, 1.807) is 6.07 Å². The highest BCUT2D eigenvalue weighted by Crippen LogP contribution is 2.15. The second-order valence-corrected chi connectivity index (χ2v) is 3.61. The summed E-state index contributed by atoms with van der Waals surface area (Å²) in [5, 5.41) is 0.296. The fraction of sp³-hybridized carbons (Fsp3) is 0. The largest absolute Gasteiger partial charge is 0.289 e. The maximum atomic E-state index is 11.0. The summed E-state index contributed by atoms with van der Waals surface area (Å²) in [4.78, 5) is 14.8. The van der Waals surface area contributed by atoms with Crippen LogP contribution < -0.4 is 11.3 Å². The molecule has 0 aliphatic rings. The molecular weight excluding hydrogens is 292 g/mol. The molecule has 0 bridgehead atoms. The molecule has 1 aromatic heterocycles. The van der Waals surface area contributed by atoms with Crippen LogP contribution in [0.25, 0.3) is 0 Å². The van der Waals surface area contributed by atoms with E-state index in [2.05, 4.69) is 4.98 Å². The van der Waals surface area contributed by atoms with E-state index in [-0.39, 0.29) is 5.69 Å². The standard InChI is InChI=1S/C6H5ClIN3O/c7-4-1-3(8)2-10-5(4)6(12)11-9/h1-2H,9H2,(H,11,12). The van der Waals surface area contributed by atoms with E-state index in [0.29, 0.717) is 5.02 Å². The van der Waals surface area contributed by atoms with Crippen LogP contribution in [0.5, 0.6) is 0 Å². The smallest absolute Gasteiger partial charge is 0.285 e. The lowest BCUT2D eigenvalue weighted by Gasteiger charge is -2.00. The Hall–Kier alpha value is -0.400. The number of carbonyl (C=O) groups is 1. The van der Waals surface area contributed by atoms with Crippen molar-refractivity contribution in [2.45, 2.75) is 0 Å². The summed E-state index contributed by atoms with van der Waals surface area (Å²) in [6.07, 6.45) is 1.54. The topological polar surface area (TPSA) is 68.0 Å². The number of rotatable bonds is 1. The average Bonchev–Trinajstić information content (AvgIpc) is 2.03. The zero-order valence-electron chi connectivity index (χ0n) is 5.84. The van der Waals surface area contributed by atoms with Crippen LogP contribution in [0.1, 0.15) is 10.5 Å². The maximum Gasteiger partial charge on any atom is 0.285 e. The van der Waals surface area contributed by atoms with Gasteiger partial charge in [0.05, 0.1) is 5.02 Å². The van der Waals surface area contributed by atoms with Crippen LogP contribution in [-0.4, -0.2) is 10.9 Å². The van der Waals surface area contributed by atoms with E-state index < -0.39 is 5.91 Å². The van der Waals surface area contributed by atoms with E-state index in [1.807, 2.05) is 28.0 Å². The van der Waals surface area contributed by atoms with E-state index in [0.717, 1.165) is 3.57 Å². The Kier molecular flexibility index (Phi) is 3.24. The fourth-order valence-electron chi connectivity index (χ4n) is 0.650. The fourth-order valence-corrected chi connectivity index (χ4v) is 1.54. The first kappa shape index (κ1) is 9.69. The van der Waals surface area contributed by atoms with Gasteiger partial charge in [0.2, 0.25) is 0 Å². The number of nitrogens with zero attached hydrogens (tertiary/aromatic N) is 1. The molecule has 0 atom stereocenters. The van der Waals surface area contributed by atoms with Gasteiger partial charge in [0.15, 0.2) is 0 Å². The lowest BCUT2D eigenvalue weighted by atomic mass is 10.3. The summed E-state index contributed by atoms with van der Waals surface area (Å²) in [5.41, 5.74) is 2.09. The zero-order chi connectivity index (χ0) is 9.14. The van der Waals surface area contributed by atoms with E-state index >= 15 is 0 Å². The predicted molar refractivity (Wildman–Crippen MR) is 53.6 cm³/mol. The number of hydrazine groups is 1. The van der Waals surface area contributed by atoms with Gasteiger partial charge in [-0.25, -0.2) is 10.8 Å². The highest BCUT2D eigenvalue weighted by atomic mass is 127. The number of nitrogen functional groups attached to an aromatic ring is 1. The van der Waals surface area contributed by atoms with E-state index in [9.17, 15) is 4.79 Å². The first-order valence-corrected chi connectivity index (χ1v) is 4.43. The van der Waals surface area contributed by atoms with Crippen molar-refractivity contribution in [1.82, 2.24) is 10.4 Å². The molecule has 0 radical (unpaired) electrons. The number of pyridine rings is 1. The van der Waals surface area contributed by atoms with Crippen molar-refractivity contribution in [3.05, 3.63) is 26.5 Å². The van der Waals surface area contributed by atoms with Crippen LogP contribution in [0.2, 0.25) is 5.02 Å². The summed E-state index contributed by atoms with van der Waals surface area (Å²) in [7, 11) is 0. The molecule has 12 heavy (non-hydrogen) atoms. The van der Waals surface area contributed by atoms with Crippen LogP contribution in [0.15, 0.2) is 12.3 Å². The summed E-state index contributed by atoms with van der Waals surface area (Å²) < 4.78 is 0.867. The molecule has 0 aliphatic carbocycles. The first-order chi connectivity index (χ1) is 5.65. The molecule has 0 spiro atoms. The summed E-state index contributed by atoms with van der Waals surface area (Å²) in [6.45, 7) is 0. The molecule has 0 saturated heterocycles. The van der Waals surface area contributed by atoms with Gasteiger partial charge in [-0.3, -0.25) is 10.2 Å². The molecule has 0 fully saturated rings. The second kappa shape index (κ2) is 4.01. The Labute approximate surface area is 87.6 Å². The Morgan fingerprint density at radius 3 is 2.92 bits per heavy atom. The molecule has 4 nitrogen and oxygen atoms in total. The number of halogens is 2. The van der Waals surface area contributed by atoms with Crippen LogP contribution in [0.4, 0.5) is 0 Å². The predicted octanol–water partition coefficient (Wildman–Crippen LogP) is 0.943. The third kappa shape index (κ3) is 2.05. The Morgan fingerprint density at radius 1 is 1.75 bits per heavy atom. The van der Waals surface area contributed by atoms with Crippen LogP contribution in [0.3, 0.4) is 0 Å². The minimum absolute atomic E-state index is 0.139. The van der Waals surface area contributed by atoms with E-state index in [4.69, 9.17) is 17.4 Å². The molecule has 6 heteroatoms. The minimum Gasteiger partial charge on any atom is -0.289 e. The molecule has 1 amide bonds. The zero-order valence-corrected chi connectivity index (χ0v) is 8.76.